The first-order valence-electron chi connectivity index (χ1n) is 8.75. The summed E-state index contributed by atoms with van der Waals surface area (Å²) in [7, 11) is 1.32. The van der Waals surface area contributed by atoms with Gasteiger partial charge in [0, 0.05) is 4.88 Å². The van der Waals surface area contributed by atoms with Crippen LogP contribution in [-0.4, -0.2) is 30.1 Å². The molecule has 7 heteroatoms. The summed E-state index contributed by atoms with van der Waals surface area (Å²) in [4.78, 5) is 37.8. The molecule has 1 aromatic heterocycles. The monoisotopic (exact) mass is 377 g/mol. The topological polar surface area (TPSA) is 92.7 Å². The second-order valence-corrected chi connectivity index (χ2v) is 8.17. The molecule has 0 bridgehead atoms. The van der Waals surface area contributed by atoms with E-state index in [1.807, 2.05) is 13.8 Å². The largest absolute Gasteiger partial charge is 0.481 e. The van der Waals surface area contributed by atoms with Crippen LogP contribution in [0, 0.1) is 11.8 Å². The third-order valence-corrected chi connectivity index (χ3v) is 6.68. The van der Waals surface area contributed by atoms with Gasteiger partial charge in [-0.3, -0.25) is 9.59 Å². The third-order valence-electron chi connectivity index (χ3n) is 5.47. The Hall–Kier alpha value is -2.15. The molecule has 2 N–H and O–H groups in total. The maximum atomic E-state index is 12.9. The van der Waals surface area contributed by atoms with E-state index in [1.165, 1.54) is 18.4 Å². The van der Waals surface area contributed by atoms with Gasteiger partial charge in [-0.1, -0.05) is 11.1 Å². The minimum Gasteiger partial charge on any atom is -0.481 e. The fourth-order valence-corrected chi connectivity index (χ4v) is 5.12. The van der Waals surface area contributed by atoms with E-state index in [2.05, 4.69) is 5.32 Å². The molecule has 0 fully saturated rings. The molecule has 1 amide bonds. The molecule has 0 saturated carbocycles. The number of hydrogen-bond acceptors (Lipinski definition) is 5. The van der Waals surface area contributed by atoms with Gasteiger partial charge < -0.3 is 15.2 Å². The summed E-state index contributed by atoms with van der Waals surface area (Å²) in [6.45, 7) is 3.85. The number of amides is 1. The molecule has 26 heavy (non-hydrogen) atoms. The van der Waals surface area contributed by atoms with E-state index in [0.29, 0.717) is 23.4 Å². The molecular formula is C19H23NO5S. The number of carbonyl (C=O) groups is 3. The van der Waals surface area contributed by atoms with E-state index in [1.54, 1.807) is 0 Å². The number of ether oxygens (including phenoxy) is 1. The van der Waals surface area contributed by atoms with Crippen LogP contribution in [0.15, 0.2) is 11.1 Å². The number of allylic oxidation sites excluding steroid dienone is 2. The van der Waals surface area contributed by atoms with Gasteiger partial charge in [-0.05, 0) is 51.5 Å². The Kier molecular flexibility index (Phi) is 5.18. The number of rotatable bonds is 4. The SMILES string of the molecule is COC(=O)c1c(NC(=O)C2CC(C)=C(C)CC2C(=O)O)sc2c1CCC2. The molecule has 2 atom stereocenters. The smallest absolute Gasteiger partial charge is 0.341 e. The molecule has 3 rings (SSSR count). The van der Waals surface area contributed by atoms with Crippen LogP contribution < -0.4 is 5.32 Å². The molecule has 2 aliphatic rings. The first-order valence-corrected chi connectivity index (χ1v) is 9.56. The Bertz CT molecular complexity index is 807. The number of nitrogens with one attached hydrogen (secondary N) is 1. The molecule has 6 nitrogen and oxygen atoms in total. The highest BCUT2D eigenvalue weighted by atomic mass is 32.1. The maximum Gasteiger partial charge on any atom is 0.341 e. The number of fused-ring (bicyclic) bond motifs is 1. The first kappa shape index (κ1) is 18.6. The first-order chi connectivity index (χ1) is 12.3. The van der Waals surface area contributed by atoms with Crippen LogP contribution in [0.25, 0.3) is 0 Å². The zero-order valence-electron chi connectivity index (χ0n) is 15.2. The minimum atomic E-state index is -0.959. The van der Waals surface area contributed by atoms with Gasteiger partial charge in [-0.15, -0.1) is 11.3 Å². The van der Waals surface area contributed by atoms with Crippen LogP contribution in [0.4, 0.5) is 5.00 Å². The third kappa shape index (κ3) is 3.28. The highest BCUT2D eigenvalue weighted by molar-refractivity contribution is 7.17. The number of carbonyl (C=O) groups excluding carboxylic acids is 2. The normalized spacial score (nSPS) is 22.1. The van der Waals surface area contributed by atoms with Crippen molar-refractivity contribution in [2.45, 2.75) is 46.0 Å². The summed E-state index contributed by atoms with van der Waals surface area (Å²) in [6, 6.07) is 0. The van der Waals surface area contributed by atoms with Crippen molar-refractivity contribution in [3.05, 3.63) is 27.2 Å². The zero-order chi connectivity index (χ0) is 19.0. The highest BCUT2D eigenvalue weighted by Crippen LogP contribution is 2.41. The van der Waals surface area contributed by atoms with Crippen molar-refractivity contribution >= 4 is 34.2 Å². The van der Waals surface area contributed by atoms with E-state index >= 15 is 0 Å². The fraction of sp³-hybridized carbons (Fsp3) is 0.526. The van der Waals surface area contributed by atoms with Gasteiger partial charge in [-0.2, -0.15) is 0 Å². The Balaban J connectivity index is 1.88. The van der Waals surface area contributed by atoms with Gasteiger partial charge in [0.05, 0.1) is 24.5 Å². The van der Waals surface area contributed by atoms with Crippen LogP contribution in [-0.2, 0) is 27.2 Å². The lowest BCUT2D eigenvalue weighted by Crippen LogP contribution is -2.36. The molecule has 2 aliphatic carbocycles. The van der Waals surface area contributed by atoms with Gasteiger partial charge >= 0.3 is 11.9 Å². The van der Waals surface area contributed by atoms with E-state index in [9.17, 15) is 19.5 Å². The summed E-state index contributed by atoms with van der Waals surface area (Å²) >= 11 is 1.40. The molecular weight excluding hydrogens is 354 g/mol. The highest BCUT2D eigenvalue weighted by Gasteiger charge is 2.38. The molecule has 0 aromatic carbocycles. The van der Waals surface area contributed by atoms with Crippen molar-refractivity contribution < 1.29 is 24.2 Å². The Morgan fingerprint density at radius 2 is 1.77 bits per heavy atom. The number of esters is 1. The molecule has 140 valence electrons. The van der Waals surface area contributed by atoms with E-state index in [0.717, 1.165) is 40.8 Å². The van der Waals surface area contributed by atoms with Gasteiger partial charge in [0.15, 0.2) is 0 Å². The summed E-state index contributed by atoms with van der Waals surface area (Å²) < 4.78 is 4.89. The van der Waals surface area contributed by atoms with Crippen LogP contribution >= 0.6 is 11.3 Å². The van der Waals surface area contributed by atoms with Crippen LogP contribution in [0.3, 0.4) is 0 Å². The zero-order valence-corrected chi connectivity index (χ0v) is 16.0. The minimum absolute atomic E-state index is 0.339. The van der Waals surface area contributed by atoms with Crippen LogP contribution in [0.2, 0.25) is 0 Å². The van der Waals surface area contributed by atoms with Gasteiger partial charge in [0.1, 0.15) is 5.00 Å². The lowest BCUT2D eigenvalue weighted by Gasteiger charge is -2.29. The number of aliphatic carboxylic acids is 1. The van der Waals surface area contributed by atoms with Gasteiger partial charge in [0.2, 0.25) is 5.91 Å². The Morgan fingerprint density at radius 1 is 1.12 bits per heavy atom. The molecule has 0 aliphatic heterocycles. The summed E-state index contributed by atoms with van der Waals surface area (Å²) in [5.41, 5.74) is 3.49. The summed E-state index contributed by atoms with van der Waals surface area (Å²) in [5.74, 6) is -3.14. The second kappa shape index (κ2) is 7.23. The number of carboxylic acid groups (broad SMARTS) is 1. The quantitative estimate of drug-likeness (QED) is 0.620. The van der Waals surface area contributed by atoms with Crippen LogP contribution in [0.1, 0.15) is 53.9 Å². The number of anilines is 1. The number of hydrogen-bond donors (Lipinski definition) is 2. The average Bonchev–Trinajstić information content (AvgIpc) is 3.16. The van der Waals surface area contributed by atoms with Crippen molar-refractivity contribution in [3.63, 3.8) is 0 Å². The molecule has 0 spiro atoms. The van der Waals surface area contributed by atoms with Crippen molar-refractivity contribution in [1.29, 1.82) is 0 Å². The number of thiophene rings is 1. The molecule has 1 aromatic rings. The van der Waals surface area contributed by atoms with Crippen molar-refractivity contribution in [2.24, 2.45) is 11.8 Å². The predicted molar refractivity (Wildman–Crippen MR) is 98.5 cm³/mol. The Labute approximate surface area is 156 Å². The lowest BCUT2D eigenvalue weighted by atomic mass is 9.76. The number of carboxylic acids is 1. The molecule has 1 heterocycles. The average molecular weight is 377 g/mol. The van der Waals surface area contributed by atoms with Crippen LogP contribution in [0.5, 0.6) is 0 Å². The Morgan fingerprint density at radius 3 is 2.38 bits per heavy atom. The number of methoxy groups -OCH3 is 1. The van der Waals surface area contributed by atoms with E-state index < -0.39 is 23.8 Å². The molecule has 2 unspecified atom stereocenters. The van der Waals surface area contributed by atoms with Gasteiger partial charge in [-0.25, -0.2) is 4.79 Å². The fourth-order valence-electron chi connectivity index (χ4n) is 3.84. The van der Waals surface area contributed by atoms with Crippen molar-refractivity contribution in [2.75, 3.05) is 12.4 Å². The standard InChI is InChI=1S/C19H23NO5S/c1-9-7-12(13(18(22)23)8-10(9)2)16(21)20-17-15(19(24)25-3)11-5-4-6-14(11)26-17/h12-13H,4-8H2,1-3H3,(H,20,21)(H,22,23). The maximum absolute atomic E-state index is 12.9. The van der Waals surface area contributed by atoms with Gasteiger partial charge in [0.25, 0.3) is 0 Å². The van der Waals surface area contributed by atoms with E-state index in [4.69, 9.17) is 4.74 Å². The summed E-state index contributed by atoms with van der Waals surface area (Å²) in [5, 5.41) is 12.9. The molecule has 0 saturated heterocycles. The lowest BCUT2D eigenvalue weighted by molar-refractivity contribution is -0.146. The predicted octanol–water partition coefficient (Wildman–Crippen LogP) is 3.41. The molecule has 0 radical (unpaired) electrons. The van der Waals surface area contributed by atoms with Crippen molar-refractivity contribution in [3.8, 4) is 0 Å². The van der Waals surface area contributed by atoms with E-state index in [-0.39, 0.29) is 5.91 Å². The summed E-state index contributed by atoms with van der Waals surface area (Å²) in [6.07, 6.45) is 3.49. The second-order valence-electron chi connectivity index (χ2n) is 7.06. The van der Waals surface area contributed by atoms with Crippen molar-refractivity contribution in [1.82, 2.24) is 0 Å². The number of aryl methyl sites for hydroxylation is 1.